The third kappa shape index (κ3) is 1.79. The summed E-state index contributed by atoms with van der Waals surface area (Å²) in [5, 5.41) is 3.57. The van der Waals surface area contributed by atoms with Gasteiger partial charge in [-0.3, -0.25) is 0 Å². The van der Waals surface area contributed by atoms with Crippen molar-refractivity contribution in [2.75, 3.05) is 6.54 Å². The van der Waals surface area contributed by atoms with E-state index in [1.54, 1.807) is 12.1 Å². The summed E-state index contributed by atoms with van der Waals surface area (Å²) in [5.41, 5.74) is 1.10. The number of fused-ring (bicyclic) bond motifs is 4. The van der Waals surface area contributed by atoms with Crippen molar-refractivity contribution in [3.05, 3.63) is 29.6 Å². The first-order chi connectivity index (χ1) is 9.70. The van der Waals surface area contributed by atoms with Crippen molar-refractivity contribution in [2.45, 2.75) is 50.7 Å². The largest absolute Gasteiger partial charge is 0.486 e. The van der Waals surface area contributed by atoms with Crippen LogP contribution in [0.15, 0.2) is 18.2 Å². The van der Waals surface area contributed by atoms with Crippen LogP contribution in [0.4, 0.5) is 4.39 Å². The van der Waals surface area contributed by atoms with Gasteiger partial charge in [0, 0.05) is 24.1 Å². The normalized spacial score (nSPS) is 38.0. The second-order valence-corrected chi connectivity index (χ2v) is 6.74. The summed E-state index contributed by atoms with van der Waals surface area (Å²) in [5.74, 6) is 2.08. The van der Waals surface area contributed by atoms with E-state index >= 15 is 0 Å². The molecule has 108 valence electrons. The predicted molar refractivity (Wildman–Crippen MR) is 76.2 cm³/mol. The van der Waals surface area contributed by atoms with Crippen LogP contribution in [0, 0.1) is 17.7 Å². The molecular weight excluding hydrogens is 253 g/mol. The average Bonchev–Trinajstić information content (AvgIpc) is 2.99. The van der Waals surface area contributed by atoms with Crippen LogP contribution in [0.3, 0.4) is 0 Å². The van der Waals surface area contributed by atoms with Crippen LogP contribution in [0.5, 0.6) is 5.75 Å². The summed E-state index contributed by atoms with van der Waals surface area (Å²) in [6.45, 7) is 3.07. The first-order valence-corrected chi connectivity index (χ1v) is 7.92. The van der Waals surface area contributed by atoms with Crippen molar-refractivity contribution in [2.24, 2.45) is 11.8 Å². The second-order valence-electron chi connectivity index (χ2n) is 6.74. The van der Waals surface area contributed by atoms with E-state index in [0.29, 0.717) is 12.0 Å². The van der Waals surface area contributed by atoms with E-state index in [0.717, 1.165) is 36.6 Å². The Morgan fingerprint density at radius 1 is 1.35 bits per heavy atom. The molecule has 1 N–H and O–H groups in total. The van der Waals surface area contributed by atoms with Gasteiger partial charge in [0.05, 0.1) is 0 Å². The number of halogens is 1. The maximum atomic E-state index is 13.6. The third-order valence-electron chi connectivity index (χ3n) is 5.58. The molecule has 1 aromatic carbocycles. The van der Waals surface area contributed by atoms with Crippen LogP contribution in [-0.2, 0) is 0 Å². The molecular formula is C17H22FNO. The highest BCUT2D eigenvalue weighted by Gasteiger charge is 2.55. The fourth-order valence-corrected chi connectivity index (χ4v) is 4.80. The van der Waals surface area contributed by atoms with Gasteiger partial charge in [0.15, 0.2) is 0 Å². The number of nitrogens with one attached hydrogen (secondary N) is 1. The van der Waals surface area contributed by atoms with Crippen LogP contribution < -0.4 is 10.1 Å². The quantitative estimate of drug-likeness (QED) is 0.886. The van der Waals surface area contributed by atoms with Crippen LogP contribution in [0.1, 0.15) is 50.6 Å². The first kappa shape index (κ1) is 12.6. The molecule has 1 aliphatic heterocycles. The number of hydrogen-bond acceptors (Lipinski definition) is 2. The van der Waals surface area contributed by atoms with Gasteiger partial charge < -0.3 is 10.1 Å². The van der Waals surface area contributed by atoms with Crippen molar-refractivity contribution >= 4 is 0 Å². The van der Waals surface area contributed by atoms with E-state index in [1.807, 2.05) is 6.07 Å². The Hall–Kier alpha value is -1.09. The maximum Gasteiger partial charge on any atom is 0.127 e. The topological polar surface area (TPSA) is 21.3 Å². The van der Waals surface area contributed by atoms with Gasteiger partial charge in [-0.15, -0.1) is 0 Å². The molecule has 1 spiro atoms. The third-order valence-corrected chi connectivity index (χ3v) is 5.58. The van der Waals surface area contributed by atoms with Gasteiger partial charge in [-0.05, 0) is 50.1 Å². The van der Waals surface area contributed by atoms with E-state index in [-0.39, 0.29) is 11.4 Å². The average molecular weight is 275 g/mol. The molecule has 1 aromatic rings. The minimum atomic E-state index is -0.195. The minimum Gasteiger partial charge on any atom is -0.486 e. The van der Waals surface area contributed by atoms with Crippen molar-refractivity contribution in [3.8, 4) is 5.75 Å². The molecule has 3 heteroatoms. The standard InChI is InChI=1S/C17H22FNO/c1-2-19-15-10-17(9-11-3-4-12(17)7-11)20-16-8-13(18)5-6-14(15)16/h5-6,8,11-12,15,19H,2-4,7,9-10H2,1H3. The molecule has 2 aliphatic carbocycles. The maximum absolute atomic E-state index is 13.6. The van der Waals surface area contributed by atoms with Gasteiger partial charge >= 0.3 is 0 Å². The minimum absolute atomic E-state index is 0.0312. The number of ether oxygens (including phenoxy) is 1. The molecule has 4 rings (SSSR count). The zero-order chi connectivity index (χ0) is 13.7. The van der Waals surface area contributed by atoms with E-state index < -0.39 is 0 Å². The van der Waals surface area contributed by atoms with Crippen LogP contribution >= 0.6 is 0 Å². The molecule has 1 heterocycles. The zero-order valence-corrected chi connectivity index (χ0v) is 12.0. The molecule has 0 amide bonds. The van der Waals surface area contributed by atoms with Crippen molar-refractivity contribution in [1.82, 2.24) is 5.32 Å². The van der Waals surface area contributed by atoms with Crippen molar-refractivity contribution in [1.29, 1.82) is 0 Å². The fourth-order valence-electron chi connectivity index (χ4n) is 4.80. The lowest BCUT2D eigenvalue weighted by atomic mass is 9.76. The summed E-state index contributed by atoms with van der Waals surface area (Å²) in [7, 11) is 0. The Bertz CT molecular complexity index is 532. The van der Waals surface area contributed by atoms with Gasteiger partial charge in [-0.2, -0.15) is 0 Å². The van der Waals surface area contributed by atoms with Gasteiger partial charge in [-0.1, -0.05) is 13.0 Å². The van der Waals surface area contributed by atoms with Crippen LogP contribution in [0.2, 0.25) is 0 Å². The first-order valence-electron chi connectivity index (χ1n) is 7.92. The fraction of sp³-hybridized carbons (Fsp3) is 0.647. The van der Waals surface area contributed by atoms with E-state index in [4.69, 9.17) is 4.74 Å². The second kappa shape index (κ2) is 4.45. The molecule has 2 saturated carbocycles. The molecule has 4 unspecified atom stereocenters. The zero-order valence-electron chi connectivity index (χ0n) is 12.0. The van der Waals surface area contributed by atoms with Crippen LogP contribution in [0.25, 0.3) is 0 Å². The van der Waals surface area contributed by atoms with E-state index in [1.165, 1.54) is 19.3 Å². The predicted octanol–water partition coefficient (Wildman–Crippen LogP) is 3.82. The number of hydrogen-bond donors (Lipinski definition) is 1. The number of rotatable bonds is 2. The van der Waals surface area contributed by atoms with Crippen LogP contribution in [-0.4, -0.2) is 12.1 Å². The van der Waals surface area contributed by atoms with Gasteiger partial charge in [0.1, 0.15) is 17.2 Å². The highest BCUT2D eigenvalue weighted by atomic mass is 19.1. The smallest absolute Gasteiger partial charge is 0.127 e. The molecule has 20 heavy (non-hydrogen) atoms. The highest BCUT2D eigenvalue weighted by molar-refractivity contribution is 5.40. The molecule has 0 aromatic heterocycles. The molecule has 0 saturated heterocycles. The molecule has 4 atom stereocenters. The summed E-state index contributed by atoms with van der Waals surface area (Å²) in [4.78, 5) is 0. The molecule has 2 bridgehead atoms. The monoisotopic (exact) mass is 275 g/mol. The molecule has 0 radical (unpaired) electrons. The van der Waals surface area contributed by atoms with Crippen molar-refractivity contribution in [3.63, 3.8) is 0 Å². The Balaban J connectivity index is 1.73. The Morgan fingerprint density at radius 3 is 2.95 bits per heavy atom. The Labute approximate surface area is 119 Å². The van der Waals surface area contributed by atoms with Crippen molar-refractivity contribution < 1.29 is 9.13 Å². The summed E-state index contributed by atoms with van der Waals surface area (Å²) in [6, 6.07) is 5.32. The number of benzene rings is 1. The Morgan fingerprint density at radius 2 is 2.25 bits per heavy atom. The molecule has 2 fully saturated rings. The summed E-state index contributed by atoms with van der Waals surface area (Å²) < 4.78 is 20.0. The Kier molecular flexibility index (Phi) is 2.81. The van der Waals surface area contributed by atoms with Gasteiger partial charge in [0.25, 0.3) is 0 Å². The van der Waals surface area contributed by atoms with E-state index in [2.05, 4.69) is 12.2 Å². The lowest BCUT2D eigenvalue weighted by Crippen LogP contribution is -2.48. The summed E-state index contributed by atoms with van der Waals surface area (Å²) in [6.07, 6.45) is 6.16. The summed E-state index contributed by atoms with van der Waals surface area (Å²) >= 11 is 0. The van der Waals surface area contributed by atoms with Gasteiger partial charge in [-0.25, -0.2) is 4.39 Å². The molecule has 3 aliphatic rings. The van der Waals surface area contributed by atoms with Gasteiger partial charge in [0.2, 0.25) is 0 Å². The lowest BCUT2D eigenvalue weighted by molar-refractivity contribution is -0.0184. The van der Waals surface area contributed by atoms with E-state index in [9.17, 15) is 4.39 Å². The SMILES string of the molecule is CCNC1CC2(CC3CCC2C3)Oc2cc(F)ccc21. The highest BCUT2D eigenvalue weighted by Crippen LogP contribution is 2.58. The molecule has 2 nitrogen and oxygen atoms in total. The lowest BCUT2D eigenvalue weighted by Gasteiger charge is -2.45.